The van der Waals surface area contributed by atoms with Crippen LogP contribution in [0, 0.1) is 0 Å². The molecule has 4 heteroatoms. The van der Waals surface area contributed by atoms with Gasteiger partial charge in [-0.1, -0.05) is 18.5 Å². The zero-order valence-corrected chi connectivity index (χ0v) is 14.8. The number of benzene rings is 1. The van der Waals surface area contributed by atoms with Crippen LogP contribution in [0.4, 0.5) is 0 Å². The molecule has 3 nitrogen and oxygen atoms in total. The molecule has 1 rings (SSSR count). The number of halogens is 1. The Morgan fingerprint density at radius 2 is 1.90 bits per heavy atom. The first-order valence-corrected chi connectivity index (χ1v) is 8.03. The Hall–Kier alpha value is -0.930. The highest BCUT2D eigenvalue weighted by Gasteiger charge is 2.17. The van der Waals surface area contributed by atoms with Crippen LogP contribution in [0.15, 0.2) is 12.1 Å². The maximum Gasteiger partial charge on any atom is 0.180 e. The minimum Gasteiger partial charge on any atom is -0.490 e. The molecular weight excluding hydrogens is 286 g/mol. The summed E-state index contributed by atoms with van der Waals surface area (Å²) in [7, 11) is 0. The van der Waals surface area contributed by atoms with Crippen LogP contribution >= 0.6 is 11.6 Å². The smallest absolute Gasteiger partial charge is 0.180 e. The van der Waals surface area contributed by atoms with Crippen LogP contribution in [0.2, 0.25) is 5.02 Å². The summed E-state index contributed by atoms with van der Waals surface area (Å²) in [5.41, 5.74) is 1.20. The summed E-state index contributed by atoms with van der Waals surface area (Å²) in [6, 6.07) is 3.95. The molecule has 120 valence electrons. The molecule has 0 saturated carbocycles. The third-order valence-corrected chi connectivity index (χ3v) is 3.66. The lowest BCUT2D eigenvalue weighted by Gasteiger charge is -2.25. The molecule has 1 aromatic carbocycles. The number of ether oxygens (including phenoxy) is 2. The monoisotopic (exact) mass is 313 g/mol. The zero-order valence-electron chi connectivity index (χ0n) is 14.0. The van der Waals surface area contributed by atoms with Gasteiger partial charge in [0.2, 0.25) is 0 Å². The summed E-state index contributed by atoms with van der Waals surface area (Å²) in [6.45, 7) is 13.8. The third-order valence-electron chi connectivity index (χ3n) is 3.38. The minimum atomic E-state index is 0.0599. The highest BCUT2D eigenvalue weighted by Crippen LogP contribution is 2.37. The van der Waals surface area contributed by atoms with Gasteiger partial charge < -0.3 is 14.8 Å². The number of rotatable bonds is 8. The van der Waals surface area contributed by atoms with E-state index in [0.717, 1.165) is 18.5 Å². The van der Waals surface area contributed by atoms with Gasteiger partial charge in [-0.15, -0.1) is 0 Å². The molecule has 0 spiro atoms. The molecule has 0 amide bonds. The van der Waals surface area contributed by atoms with E-state index in [9.17, 15) is 0 Å². The van der Waals surface area contributed by atoms with E-state index in [0.29, 0.717) is 23.1 Å². The Labute approximate surface area is 134 Å². The SMILES string of the molecule is CCOc1cc(CNC(C)(C)CC)cc(Cl)c1OC(C)C. The highest BCUT2D eigenvalue weighted by atomic mass is 35.5. The predicted octanol–water partition coefficient (Wildman–Crippen LogP) is 4.80. The summed E-state index contributed by atoms with van der Waals surface area (Å²) < 4.78 is 11.5. The minimum absolute atomic E-state index is 0.0599. The fourth-order valence-corrected chi connectivity index (χ4v) is 2.08. The van der Waals surface area contributed by atoms with Gasteiger partial charge in [0.05, 0.1) is 17.7 Å². The fourth-order valence-electron chi connectivity index (χ4n) is 1.80. The summed E-state index contributed by atoms with van der Waals surface area (Å²) in [5, 5.41) is 4.12. The van der Waals surface area contributed by atoms with Crippen molar-refractivity contribution in [2.24, 2.45) is 0 Å². The van der Waals surface area contributed by atoms with E-state index < -0.39 is 0 Å². The standard InChI is InChI=1S/C17H28ClNO2/c1-7-17(5,6)19-11-13-9-14(18)16(21-12(3)4)15(10-13)20-8-2/h9-10,12,19H,7-8,11H2,1-6H3. The normalized spacial score (nSPS) is 11.8. The first-order chi connectivity index (χ1) is 9.79. The van der Waals surface area contributed by atoms with Crippen LogP contribution in [0.3, 0.4) is 0 Å². The lowest BCUT2D eigenvalue weighted by molar-refractivity contribution is 0.224. The second-order valence-electron chi connectivity index (χ2n) is 6.10. The average Bonchev–Trinajstić information content (AvgIpc) is 2.40. The largest absolute Gasteiger partial charge is 0.490 e. The van der Waals surface area contributed by atoms with Gasteiger partial charge in [-0.05, 0) is 58.7 Å². The molecule has 0 aliphatic heterocycles. The number of hydrogen-bond donors (Lipinski definition) is 1. The van der Waals surface area contributed by atoms with Crippen molar-refractivity contribution in [3.05, 3.63) is 22.7 Å². The summed E-state index contributed by atoms with van der Waals surface area (Å²) in [4.78, 5) is 0. The van der Waals surface area contributed by atoms with E-state index in [4.69, 9.17) is 21.1 Å². The van der Waals surface area contributed by atoms with Crippen molar-refractivity contribution in [2.45, 2.75) is 66.2 Å². The Morgan fingerprint density at radius 3 is 2.43 bits per heavy atom. The van der Waals surface area contributed by atoms with Crippen LogP contribution in [0.25, 0.3) is 0 Å². The second kappa shape index (κ2) is 7.90. The molecule has 0 aromatic heterocycles. The topological polar surface area (TPSA) is 30.5 Å². The van der Waals surface area contributed by atoms with Crippen molar-refractivity contribution in [3.8, 4) is 11.5 Å². The van der Waals surface area contributed by atoms with Crippen LogP contribution in [0.5, 0.6) is 11.5 Å². The van der Waals surface area contributed by atoms with Crippen molar-refractivity contribution in [2.75, 3.05) is 6.61 Å². The molecule has 0 unspecified atom stereocenters. The van der Waals surface area contributed by atoms with Crippen LogP contribution in [-0.2, 0) is 6.54 Å². The van der Waals surface area contributed by atoms with E-state index in [1.807, 2.05) is 32.9 Å². The van der Waals surface area contributed by atoms with Crippen molar-refractivity contribution in [1.29, 1.82) is 0 Å². The van der Waals surface area contributed by atoms with E-state index in [1.54, 1.807) is 0 Å². The second-order valence-corrected chi connectivity index (χ2v) is 6.50. The summed E-state index contributed by atoms with van der Waals surface area (Å²) in [6.07, 6.45) is 1.12. The van der Waals surface area contributed by atoms with Gasteiger partial charge in [0.1, 0.15) is 0 Å². The van der Waals surface area contributed by atoms with E-state index >= 15 is 0 Å². The predicted molar refractivity (Wildman–Crippen MR) is 89.6 cm³/mol. The van der Waals surface area contributed by atoms with Crippen LogP contribution < -0.4 is 14.8 Å². The van der Waals surface area contributed by atoms with Crippen molar-refractivity contribution < 1.29 is 9.47 Å². The van der Waals surface area contributed by atoms with Crippen molar-refractivity contribution >= 4 is 11.6 Å². The first kappa shape index (κ1) is 18.1. The van der Waals surface area contributed by atoms with Crippen LogP contribution in [-0.4, -0.2) is 18.2 Å². The average molecular weight is 314 g/mol. The molecule has 0 aliphatic carbocycles. The van der Waals surface area contributed by atoms with E-state index in [2.05, 4.69) is 26.1 Å². The maximum absolute atomic E-state index is 6.37. The maximum atomic E-state index is 6.37. The number of hydrogen-bond acceptors (Lipinski definition) is 3. The molecule has 1 aromatic rings. The molecule has 0 heterocycles. The van der Waals surface area contributed by atoms with Gasteiger partial charge >= 0.3 is 0 Å². The van der Waals surface area contributed by atoms with Gasteiger partial charge in [0.15, 0.2) is 11.5 Å². The molecule has 0 bridgehead atoms. The summed E-state index contributed by atoms with van der Waals surface area (Å²) in [5.74, 6) is 1.34. The van der Waals surface area contributed by atoms with E-state index in [1.165, 1.54) is 0 Å². The van der Waals surface area contributed by atoms with Gasteiger partial charge in [0.25, 0.3) is 0 Å². The van der Waals surface area contributed by atoms with Crippen LogP contribution in [0.1, 0.15) is 53.5 Å². The van der Waals surface area contributed by atoms with Crippen molar-refractivity contribution in [3.63, 3.8) is 0 Å². The Morgan fingerprint density at radius 1 is 1.24 bits per heavy atom. The quantitative estimate of drug-likeness (QED) is 0.747. The molecule has 21 heavy (non-hydrogen) atoms. The third kappa shape index (κ3) is 5.76. The lowest BCUT2D eigenvalue weighted by atomic mass is 10.0. The summed E-state index contributed by atoms with van der Waals surface area (Å²) >= 11 is 6.37. The fraction of sp³-hybridized carbons (Fsp3) is 0.647. The molecule has 0 radical (unpaired) electrons. The van der Waals surface area contributed by atoms with Gasteiger partial charge in [0, 0.05) is 12.1 Å². The zero-order chi connectivity index (χ0) is 16.0. The Balaban J connectivity index is 2.97. The molecule has 0 fully saturated rings. The van der Waals surface area contributed by atoms with Gasteiger partial charge in [-0.2, -0.15) is 0 Å². The molecule has 0 aliphatic rings. The molecule has 1 N–H and O–H groups in total. The van der Waals surface area contributed by atoms with Gasteiger partial charge in [-0.3, -0.25) is 0 Å². The molecule has 0 saturated heterocycles. The molecule has 0 atom stereocenters. The van der Waals surface area contributed by atoms with Crippen molar-refractivity contribution in [1.82, 2.24) is 5.32 Å². The Bertz CT molecular complexity index is 458. The number of nitrogens with one attached hydrogen (secondary N) is 1. The van der Waals surface area contributed by atoms with Gasteiger partial charge in [-0.25, -0.2) is 0 Å². The Kier molecular flexibility index (Phi) is 6.82. The molecular formula is C17H28ClNO2. The van der Waals surface area contributed by atoms with E-state index in [-0.39, 0.29) is 11.6 Å². The highest BCUT2D eigenvalue weighted by molar-refractivity contribution is 6.32. The first-order valence-electron chi connectivity index (χ1n) is 7.66. The lowest BCUT2D eigenvalue weighted by Crippen LogP contribution is -2.37.